The Balaban J connectivity index is 2.30. The maximum atomic E-state index is 10.8. The summed E-state index contributed by atoms with van der Waals surface area (Å²) in [6, 6.07) is 1.71. The maximum Gasteiger partial charge on any atom is 0.288 e. The van der Waals surface area contributed by atoms with E-state index in [1.807, 2.05) is 6.92 Å². The summed E-state index contributed by atoms with van der Waals surface area (Å²) in [7, 11) is 0. The molecule has 0 aromatic carbocycles. The Morgan fingerprint density at radius 2 is 2.40 bits per heavy atom. The average Bonchev–Trinajstić information content (AvgIpc) is 2.46. The molecule has 1 aromatic heterocycles. The van der Waals surface area contributed by atoms with Crippen molar-refractivity contribution in [1.82, 2.24) is 4.98 Å². The number of halogens is 1. The molecule has 6 nitrogen and oxygen atoms in total. The molecular weight excluding hydrogens is 326 g/mol. The molecule has 1 aliphatic heterocycles. The summed E-state index contributed by atoms with van der Waals surface area (Å²) in [5, 5.41) is 20.1. The predicted octanol–water partition coefficient (Wildman–Crippen LogP) is 2.74. The van der Waals surface area contributed by atoms with Crippen molar-refractivity contribution in [2.24, 2.45) is 5.92 Å². The molecule has 0 aliphatic carbocycles. The SMILES string of the molecule is CC(CO)C1CCCCN1c1ncc([N+](=O)[O-])cc1Br. The van der Waals surface area contributed by atoms with E-state index in [-0.39, 0.29) is 24.3 Å². The quantitative estimate of drug-likeness (QED) is 0.671. The zero-order valence-electron chi connectivity index (χ0n) is 11.3. The van der Waals surface area contributed by atoms with Crippen LogP contribution in [0.1, 0.15) is 26.2 Å². The van der Waals surface area contributed by atoms with Gasteiger partial charge in [-0.3, -0.25) is 10.1 Å². The molecule has 2 unspecified atom stereocenters. The Hall–Kier alpha value is -1.21. The van der Waals surface area contributed by atoms with E-state index in [0.29, 0.717) is 4.47 Å². The third kappa shape index (κ3) is 3.09. The lowest BCUT2D eigenvalue weighted by Crippen LogP contribution is -2.45. The van der Waals surface area contributed by atoms with Gasteiger partial charge in [0.2, 0.25) is 0 Å². The maximum absolute atomic E-state index is 10.8. The zero-order valence-corrected chi connectivity index (χ0v) is 12.9. The normalized spacial score (nSPS) is 20.8. The molecule has 1 N–H and O–H groups in total. The van der Waals surface area contributed by atoms with E-state index in [1.165, 1.54) is 12.3 Å². The summed E-state index contributed by atoms with van der Waals surface area (Å²) < 4.78 is 0.628. The summed E-state index contributed by atoms with van der Waals surface area (Å²) >= 11 is 3.38. The molecule has 2 rings (SSSR count). The van der Waals surface area contributed by atoms with Crippen molar-refractivity contribution in [3.05, 3.63) is 26.9 Å². The fraction of sp³-hybridized carbons (Fsp3) is 0.615. The van der Waals surface area contributed by atoms with Crippen molar-refractivity contribution < 1.29 is 10.0 Å². The Kier molecular flexibility index (Phi) is 4.93. The van der Waals surface area contributed by atoms with Crippen LogP contribution in [0.15, 0.2) is 16.7 Å². The Labute approximate surface area is 126 Å². The average molecular weight is 344 g/mol. The highest BCUT2D eigenvalue weighted by Crippen LogP contribution is 2.33. The summed E-state index contributed by atoms with van der Waals surface area (Å²) in [5.41, 5.74) is -0.0237. The number of rotatable bonds is 4. The van der Waals surface area contributed by atoms with Crippen LogP contribution >= 0.6 is 15.9 Å². The molecule has 0 spiro atoms. The van der Waals surface area contributed by atoms with Gasteiger partial charge in [-0.15, -0.1) is 0 Å². The molecule has 0 radical (unpaired) electrons. The van der Waals surface area contributed by atoms with Crippen LogP contribution in [0.4, 0.5) is 11.5 Å². The minimum atomic E-state index is -0.453. The molecule has 2 heterocycles. The molecule has 20 heavy (non-hydrogen) atoms. The standard InChI is InChI=1S/C13H18BrN3O3/c1-9(8-18)12-4-2-3-5-16(12)13-11(14)6-10(7-15-13)17(19)20/h6-7,9,12,18H,2-5,8H2,1H3. The number of pyridine rings is 1. The van der Waals surface area contributed by atoms with Crippen LogP contribution in [0.25, 0.3) is 0 Å². The minimum absolute atomic E-state index is 0.0237. The van der Waals surface area contributed by atoms with E-state index in [0.717, 1.165) is 31.6 Å². The number of nitrogens with zero attached hydrogens (tertiary/aromatic N) is 3. The van der Waals surface area contributed by atoms with E-state index in [1.54, 1.807) is 0 Å². The van der Waals surface area contributed by atoms with Crippen LogP contribution in [0.2, 0.25) is 0 Å². The van der Waals surface area contributed by atoms with Gasteiger partial charge < -0.3 is 10.0 Å². The number of hydrogen-bond acceptors (Lipinski definition) is 5. The van der Waals surface area contributed by atoms with Gasteiger partial charge in [-0.1, -0.05) is 6.92 Å². The number of hydrogen-bond donors (Lipinski definition) is 1. The van der Waals surface area contributed by atoms with E-state index < -0.39 is 4.92 Å². The molecule has 0 saturated carbocycles. The van der Waals surface area contributed by atoms with Gasteiger partial charge in [0.1, 0.15) is 12.0 Å². The molecule has 0 amide bonds. The lowest BCUT2D eigenvalue weighted by molar-refractivity contribution is -0.385. The summed E-state index contributed by atoms with van der Waals surface area (Å²) in [4.78, 5) is 16.7. The van der Waals surface area contributed by atoms with Gasteiger partial charge in [-0.05, 0) is 41.1 Å². The van der Waals surface area contributed by atoms with Crippen molar-refractivity contribution in [1.29, 1.82) is 0 Å². The molecule has 7 heteroatoms. The Morgan fingerprint density at radius 3 is 3.00 bits per heavy atom. The topological polar surface area (TPSA) is 79.5 Å². The van der Waals surface area contributed by atoms with Gasteiger partial charge in [0, 0.05) is 25.3 Å². The predicted molar refractivity (Wildman–Crippen MR) is 79.8 cm³/mol. The van der Waals surface area contributed by atoms with Gasteiger partial charge in [0.25, 0.3) is 5.69 Å². The second-order valence-electron chi connectivity index (χ2n) is 5.17. The molecule has 1 aromatic rings. The Morgan fingerprint density at radius 1 is 1.65 bits per heavy atom. The van der Waals surface area contributed by atoms with Gasteiger partial charge in [-0.2, -0.15) is 0 Å². The van der Waals surface area contributed by atoms with E-state index in [2.05, 4.69) is 25.8 Å². The molecule has 1 saturated heterocycles. The molecule has 0 bridgehead atoms. The van der Waals surface area contributed by atoms with Crippen molar-refractivity contribution in [2.75, 3.05) is 18.1 Å². The van der Waals surface area contributed by atoms with Gasteiger partial charge in [0.15, 0.2) is 0 Å². The molecule has 1 aliphatic rings. The zero-order chi connectivity index (χ0) is 14.7. The first-order valence-electron chi connectivity index (χ1n) is 6.72. The van der Waals surface area contributed by atoms with Crippen LogP contribution in [0.3, 0.4) is 0 Å². The number of aliphatic hydroxyl groups excluding tert-OH is 1. The van der Waals surface area contributed by atoms with Gasteiger partial charge in [0.05, 0.1) is 9.40 Å². The van der Waals surface area contributed by atoms with Crippen molar-refractivity contribution in [2.45, 2.75) is 32.2 Å². The number of aromatic nitrogens is 1. The number of nitro groups is 1. The first-order chi connectivity index (χ1) is 9.54. The summed E-state index contributed by atoms with van der Waals surface area (Å²) in [5.74, 6) is 0.875. The number of piperidine rings is 1. The second kappa shape index (κ2) is 6.49. The smallest absolute Gasteiger partial charge is 0.288 e. The van der Waals surface area contributed by atoms with Crippen molar-refractivity contribution in [3.8, 4) is 0 Å². The van der Waals surface area contributed by atoms with Crippen molar-refractivity contribution in [3.63, 3.8) is 0 Å². The second-order valence-corrected chi connectivity index (χ2v) is 6.03. The molecule has 1 fully saturated rings. The third-order valence-corrected chi connectivity index (χ3v) is 4.37. The largest absolute Gasteiger partial charge is 0.396 e. The van der Waals surface area contributed by atoms with E-state index in [9.17, 15) is 15.2 Å². The third-order valence-electron chi connectivity index (χ3n) is 3.78. The minimum Gasteiger partial charge on any atom is -0.396 e. The fourth-order valence-corrected chi connectivity index (χ4v) is 3.23. The van der Waals surface area contributed by atoms with E-state index >= 15 is 0 Å². The van der Waals surface area contributed by atoms with Gasteiger partial charge in [-0.25, -0.2) is 4.98 Å². The number of anilines is 1. The van der Waals surface area contributed by atoms with E-state index in [4.69, 9.17) is 0 Å². The van der Waals surface area contributed by atoms with Crippen LogP contribution in [-0.2, 0) is 0 Å². The lowest BCUT2D eigenvalue weighted by Gasteiger charge is -2.40. The van der Waals surface area contributed by atoms with Gasteiger partial charge >= 0.3 is 0 Å². The number of aliphatic hydroxyl groups is 1. The first-order valence-corrected chi connectivity index (χ1v) is 7.51. The first kappa shape index (κ1) is 15.2. The molecule has 2 atom stereocenters. The lowest BCUT2D eigenvalue weighted by atomic mass is 9.92. The van der Waals surface area contributed by atoms with Crippen LogP contribution in [-0.4, -0.2) is 34.2 Å². The summed E-state index contributed by atoms with van der Waals surface area (Å²) in [6.07, 6.45) is 4.50. The van der Waals surface area contributed by atoms with Crippen LogP contribution in [0.5, 0.6) is 0 Å². The highest BCUT2D eigenvalue weighted by Gasteiger charge is 2.29. The monoisotopic (exact) mass is 343 g/mol. The molecule has 110 valence electrons. The van der Waals surface area contributed by atoms with Crippen LogP contribution in [0, 0.1) is 16.0 Å². The molecular formula is C13H18BrN3O3. The van der Waals surface area contributed by atoms with Crippen molar-refractivity contribution >= 4 is 27.4 Å². The fourth-order valence-electron chi connectivity index (χ4n) is 2.67. The highest BCUT2D eigenvalue weighted by molar-refractivity contribution is 9.10. The van der Waals surface area contributed by atoms with Crippen LogP contribution < -0.4 is 4.90 Å². The highest BCUT2D eigenvalue weighted by atomic mass is 79.9. The Bertz CT molecular complexity index is 498. The summed E-state index contributed by atoms with van der Waals surface area (Å²) in [6.45, 7) is 3.01.